The Morgan fingerprint density at radius 1 is 1.21 bits per heavy atom. The van der Waals surface area contributed by atoms with Gasteiger partial charge in [-0.3, -0.25) is 4.79 Å². The third kappa shape index (κ3) is 3.24. The van der Waals surface area contributed by atoms with Crippen molar-refractivity contribution in [1.29, 1.82) is 0 Å². The van der Waals surface area contributed by atoms with Gasteiger partial charge in [-0.05, 0) is 49.6 Å². The fraction of sp³-hybridized carbons (Fsp3) is 0.238. The topological polar surface area (TPSA) is 50.2 Å². The van der Waals surface area contributed by atoms with Crippen molar-refractivity contribution in [2.45, 2.75) is 19.3 Å². The summed E-state index contributed by atoms with van der Waals surface area (Å²) in [5.41, 5.74) is 3.91. The number of aromatic nitrogens is 2. The molecule has 1 amide bonds. The fourth-order valence-electron chi connectivity index (χ4n) is 3.62. The van der Waals surface area contributed by atoms with Gasteiger partial charge in [-0.2, -0.15) is 5.10 Å². The predicted octanol–water partition coefficient (Wildman–Crippen LogP) is 4.47. The highest BCUT2D eigenvalue weighted by atomic mass is 35.5. The first-order chi connectivity index (χ1) is 13.5. The summed E-state index contributed by atoms with van der Waals surface area (Å²) in [5.74, 6) is -0.685. The monoisotopic (exact) mass is 398 g/mol. The number of amides is 1. The van der Waals surface area contributed by atoms with E-state index in [1.807, 2.05) is 25.1 Å². The highest BCUT2D eigenvalue weighted by molar-refractivity contribution is 6.31. The summed E-state index contributed by atoms with van der Waals surface area (Å²) < 4.78 is 15.9. The average Bonchev–Trinajstić information content (AvgIpc) is 3.24. The molecule has 5 nitrogen and oxygen atoms in total. The zero-order chi connectivity index (χ0) is 19.8. The molecule has 0 fully saturated rings. The molecule has 0 spiro atoms. The van der Waals surface area contributed by atoms with Gasteiger partial charge < -0.3 is 10.2 Å². The molecule has 1 heterocycles. The molecule has 0 radical (unpaired) electrons. The Morgan fingerprint density at radius 2 is 2.00 bits per heavy atom. The van der Waals surface area contributed by atoms with Gasteiger partial charge >= 0.3 is 0 Å². The van der Waals surface area contributed by atoms with E-state index in [1.54, 1.807) is 35.0 Å². The first-order valence-corrected chi connectivity index (χ1v) is 9.47. The van der Waals surface area contributed by atoms with Gasteiger partial charge in [-0.15, -0.1) is 0 Å². The summed E-state index contributed by atoms with van der Waals surface area (Å²) in [4.78, 5) is 14.9. The Bertz CT molecular complexity index is 1060. The van der Waals surface area contributed by atoms with Crippen molar-refractivity contribution in [3.63, 3.8) is 0 Å². The Morgan fingerprint density at radius 3 is 2.75 bits per heavy atom. The molecule has 0 atom stereocenters. The third-order valence-corrected chi connectivity index (χ3v) is 5.15. The second-order valence-electron chi connectivity index (χ2n) is 7.00. The number of carbonyl (C=O) groups is 1. The van der Waals surface area contributed by atoms with E-state index in [4.69, 9.17) is 11.6 Å². The maximum absolute atomic E-state index is 14.3. The summed E-state index contributed by atoms with van der Waals surface area (Å²) in [7, 11) is 3.78. The second-order valence-corrected chi connectivity index (χ2v) is 7.44. The van der Waals surface area contributed by atoms with E-state index < -0.39 is 0 Å². The van der Waals surface area contributed by atoms with Gasteiger partial charge in [0.05, 0.1) is 11.4 Å². The summed E-state index contributed by atoms with van der Waals surface area (Å²) in [6.45, 7) is 0. The van der Waals surface area contributed by atoms with Crippen molar-refractivity contribution >= 4 is 28.9 Å². The molecule has 2 aromatic carbocycles. The van der Waals surface area contributed by atoms with Gasteiger partial charge in [0.1, 0.15) is 11.5 Å². The summed E-state index contributed by atoms with van der Waals surface area (Å²) in [6.07, 6.45) is 2.44. The van der Waals surface area contributed by atoms with Crippen LogP contribution in [0.5, 0.6) is 0 Å². The Hall–Kier alpha value is -2.86. The van der Waals surface area contributed by atoms with E-state index in [0.29, 0.717) is 22.1 Å². The number of nitrogens with zero attached hydrogens (tertiary/aromatic N) is 3. The van der Waals surface area contributed by atoms with Crippen LogP contribution in [0.2, 0.25) is 5.02 Å². The molecule has 28 heavy (non-hydrogen) atoms. The number of hydrogen-bond acceptors (Lipinski definition) is 3. The highest BCUT2D eigenvalue weighted by Gasteiger charge is 2.28. The van der Waals surface area contributed by atoms with Crippen molar-refractivity contribution < 1.29 is 9.18 Å². The first kappa shape index (κ1) is 18.5. The van der Waals surface area contributed by atoms with Crippen LogP contribution in [0.15, 0.2) is 42.5 Å². The van der Waals surface area contributed by atoms with Crippen LogP contribution >= 0.6 is 11.6 Å². The van der Waals surface area contributed by atoms with Gasteiger partial charge in [0.15, 0.2) is 5.69 Å². The molecule has 7 heteroatoms. The standard InChI is InChI=1S/C21H20ClFN4O/c1-26(2)19-11-10-13(22)12-16(19)24-21(28)20-14-6-5-9-17(14)27(25-20)18-8-4-3-7-15(18)23/h3-4,7-8,10-12H,5-6,9H2,1-2H3,(H,24,28). The van der Waals surface area contributed by atoms with Crippen LogP contribution in [0.4, 0.5) is 15.8 Å². The van der Waals surface area contributed by atoms with Crippen molar-refractivity contribution in [1.82, 2.24) is 9.78 Å². The minimum absolute atomic E-state index is 0.321. The van der Waals surface area contributed by atoms with E-state index in [0.717, 1.165) is 36.2 Å². The molecule has 1 N–H and O–H groups in total. The molecule has 0 unspecified atom stereocenters. The fourth-order valence-corrected chi connectivity index (χ4v) is 3.79. The number of para-hydroxylation sites is 1. The number of benzene rings is 2. The summed E-state index contributed by atoms with van der Waals surface area (Å²) in [6, 6.07) is 11.8. The number of rotatable bonds is 4. The van der Waals surface area contributed by atoms with E-state index in [-0.39, 0.29) is 11.7 Å². The number of carbonyl (C=O) groups excluding carboxylic acids is 1. The Labute approximate surface area is 167 Å². The summed E-state index contributed by atoms with van der Waals surface area (Å²) in [5, 5.41) is 7.93. The van der Waals surface area contributed by atoms with Crippen molar-refractivity contribution in [3.05, 3.63) is 70.3 Å². The van der Waals surface area contributed by atoms with Gasteiger partial charge in [0.25, 0.3) is 5.91 Å². The van der Waals surface area contributed by atoms with Crippen molar-refractivity contribution in [2.24, 2.45) is 0 Å². The third-order valence-electron chi connectivity index (χ3n) is 4.91. The lowest BCUT2D eigenvalue weighted by molar-refractivity contribution is 0.102. The van der Waals surface area contributed by atoms with Crippen LogP contribution < -0.4 is 10.2 Å². The Balaban J connectivity index is 1.73. The smallest absolute Gasteiger partial charge is 0.276 e. The minimum atomic E-state index is -0.364. The van der Waals surface area contributed by atoms with E-state index in [1.165, 1.54) is 6.07 Å². The van der Waals surface area contributed by atoms with Gasteiger partial charge in [-0.1, -0.05) is 23.7 Å². The lowest BCUT2D eigenvalue weighted by Gasteiger charge is -2.18. The summed E-state index contributed by atoms with van der Waals surface area (Å²) >= 11 is 6.12. The van der Waals surface area contributed by atoms with E-state index in [2.05, 4.69) is 10.4 Å². The quantitative estimate of drug-likeness (QED) is 0.705. The molecule has 0 saturated heterocycles. The van der Waals surface area contributed by atoms with E-state index >= 15 is 0 Å². The lowest BCUT2D eigenvalue weighted by atomic mass is 10.2. The highest BCUT2D eigenvalue weighted by Crippen LogP contribution is 2.31. The number of anilines is 2. The largest absolute Gasteiger partial charge is 0.376 e. The van der Waals surface area contributed by atoms with Crippen LogP contribution in [-0.4, -0.2) is 29.8 Å². The molecule has 0 bridgehead atoms. The maximum atomic E-state index is 14.3. The molecule has 0 aliphatic heterocycles. The molecule has 1 aliphatic rings. The van der Waals surface area contributed by atoms with E-state index in [9.17, 15) is 9.18 Å². The first-order valence-electron chi connectivity index (χ1n) is 9.09. The molecule has 3 aromatic rings. The maximum Gasteiger partial charge on any atom is 0.276 e. The van der Waals surface area contributed by atoms with Crippen LogP contribution in [0.25, 0.3) is 5.69 Å². The molecule has 4 rings (SSSR count). The number of halogens is 2. The zero-order valence-electron chi connectivity index (χ0n) is 15.7. The normalized spacial score (nSPS) is 12.7. The average molecular weight is 399 g/mol. The molecule has 1 aromatic heterocycles. The number of nitrogens with one attached hydrogen (secondary N) is 1. The second kappa shape index (κ2) is 7.28. The van der Waals surface area contributed by atoms with Gasteiger partial charge in [-0.25, -0.2) is 9.07 Å². The molecule has 1 aliphatic carbocycles. The SMILES string of the molecule is CN(C)c1ccc(Cl)cc1NC(=O)c1nn(-c2ccccc2F)c2c1CCC2. The van der Waals surface area contributed by atoms with Crippen LogP contribution in [0, 0.1) is 5.82 Å². The van der Waals surface area contributed by atoms with Crippen molar-refractivity contribution in [3.8, 4) is 5.69 Å². The minimum Gasteiger partial charge on any atom is -0.376 e. The van der Waals surface area contributed by atoms with Crippen LogP contribution in [0.1, 0.15) is 28.2 Å². The van der Waals surface area contributed by atoms with Crippen LogP contribution in [-0.2, 0) is 12.8 Å². The Kier molecular flexibility index (Phi) is 4.81. The zero-order valence-corrected chi connectivity index (χ0v) is 16.4. The molecular formula is C21H20ClFN4O. The van der Waals surface area contributed by atoms with Crippen LogP contribution in [0.3, 0.4) is 0 Å². The molecule has 144 valence electrons. The molecular weight excluding hydrogens is 379 g/mol. The van der Waals surface area contributed by atoms with Gasteiger partial charge in [0, 0.05) is 30.4 Å². The predicted molar refractivity (Wildman–Crippen MR) is 109 cm³/mol. The number of hydrogen-bond donors (Lipinski definition) is 1. The van der Waals surface area contributed by atoms with Gasteiger partial charge in [0.2, 0.25) is 0 Å². The molecule has 0 saturated carbocycles. The lowest BCUT2D eigenvalue weighted by Crippen LogP contribution is -2.18. The number of fused-ring (bicyclic) bond motifs is 1. The van der Waals surface area contributed by atoms with Crippen molar-refractivity contribution in [2.75, 3.05) is 24.3 Å².